The number of hydrogen-bond acceptors (Lipinski definition) is 3. The SMILES string of the molecule is O=C1C(c2ccccc2)=C(c2cc(=O)oc3ccccc23)[C@@H]2[C@H]3CC[C@H](C3)[C@H]12. The van der Waals surface area contributed by atoms with E-state index in [9.17, 15) is 9.59 Å². The molecule has 3 nitrogen and oxygen atoms in total. The number of Topliss-reactive ketones (excluding diaryl/α,β-unsaturated/α-hetero) is 1. The highest BCUT2D eigenvalue weighted by atomic mass is 16.4. The molecule has 0 aliphatic heterocycles. The zero-order valence-corrected chi connectivity index (χ0v) is 15.4. The maximum absolute atomic E-state index is 13.6. The highest BCUT2D eigenvalue weighted by Gasteiger charge is 2.57. The summed E-state index contributed by atoms with van der Waals surface area (Å²) in [5, 5.41) is 0.918. The van der Waals surface area contributed by atoms with E-state index in [2.05, 4.69) is 0 Å². The van der Waals surface area contributed by atoms with Crippen LogP contribution in [0.5, 0.6) is 0 Å². The van der Waals surface area contributed by atoms with Gasteiger partial charge in [-0.25, -0.2) is 4.79 Å². The minimum atomic E-state index is -0.354. The van der Waals surface area contributed by atoms with Crippen LogP contribution in [0, 0.1) is 23.7 Å². The van der Waals surface area contributed by atoms with E-state index in [4.69, 9.17) is 4.42 Å². The first kappa shape index (κ1) is 16.1. The van der Waals surface area contributed by atoms with Gasteiger partial charge in [-0.05, 0) is 59.8 Å². The van der Waals surface area contributed by atoms with Gasteiger partial charge in [0.1, 0.15) is 5.58 Å². The van der Waals surface area contributed by atoms with Crippen LogP contribution in [-0.4, -0.2) is 5.78 Å². The Hall–Kier alpha value is -2.94. The molecule has 2 saturated carbocycles. The molecule has 0 spiro atoms. The molecular weight excluding hydrogens is 348 g/mol. The Kier molecular flexibility index (Phi) is 3.31. The molecule has 3 aliphatic rings. The van der Waals surface area contributed by atoms with Crippen LogP contribution in [0.2, 0.25) is 0 Å². The third kappa shape index (κ3) is 2.10. The summed E-state index contributed by atoms with van der Waals surface area (Å²) < 4.78 is 5.44. The van der Waals surface area contributed by atoms with Crippen molar-refractivity contribution in [2.45, 2.75) is 19.3 Å². The Morgan fingerprint density at radius 1 is 0.821 bits per heavy atom. The zero-order valence-electron chi connectivity index (χ0n) is 15.4. The molecule has 2 fully saturated rings. The van der Waals surface area contributed by atoms with Crippen LogP contribution in [-0.2, 0) is 4.79 Å². The lowest BCUT2D eigenvalue weighted by atomic mass is 9.76. The van der Waals surface area contributed by atoms with E-state index in [1.807, 2.05) is 54.6 Å². The number of hydrogen-bond donors (Lipinski definition) is 0. The van der Waals surface area contributed by atoms with Gasteiger partial charge in [0.25, 0.3) is 0 Å². The molecule has 3 aliphatic carbocycles. The first-order chi connectivity index (χ1) is 13.7. The van der Waals surface area contributed by atoms with Gasteiger partial charge in [-0.1, -0.05) is 48.5 Å². The molecule has 0 radical (unpaired) electrons. The van der Waals surface area contributed by atoms with Gasteiger partial charge in [-0.2, -0.15) is 0 Å². The van der Waals surface area contributed by atoms with Crippen LogP contribution in [0.15, 0.2) is 69.9 Å². The van der Waals surface area contributed by atoms with Crippen molar-refractivity contribution in [1.29, 1.82) is 0 Å². The average Bonchev–Trinajstić information content (AvgIpc) is 3.40. The van der Waals surface area contributed by atoms with E-state index in [-0.39, 0.29) is 23.2 Å². The van der Waals surface area contributed by atoms with E-state index >= 15 is 0 Å². The van der Waals surface area contributed by atoms with E-state index in [1.165, 1.54) is 6.42 Å². The van der Waals surface area contributed by atoms with Crippen molar-refractivity contribution in [2.24, 2.45) is 23.7 Å². The second-order valence-corrected chi connectivity index (χ2v) is 8.38. The molecule has 2 bridgehead atoms. The summed E-state index contributed by atoms with van der Waals surface area (Å²) >= 11 is 0. The summed E-state index contributed by atoms with van der Waals surface area (Å²) in [5.74, 6) is 1.61. The first-order valence-corrected chi connectivity index (χ1v) is 10.1. The van der Waals surface area contributed by atoms with Gasteiger partial charge in [-0.3, -0.25) is 4.79 Å². The van der Waals surface area contributed by atoms with Crippen molar-refractivity contribution in [3.05, 3.63) is 82.2 Å². The van der Waals surface area contributed by atoms with Crippen molar-refractivity contribution >= 4 is 27.9 Å². The number of carbonyl (C=O) groups is 1. The lowest BCUT2D eigenvalue weighted by Gasteiger charge is -2.26. The summed E-state index contributed by atoms with van der Waals surface area (Å²) in [5.41, 5.74) is 3.99. The standard InChI is InChI=1S/C25H20O3/c26-20-13-18(17-8-4-5-9-19(17)28-20)24-21-15-10-11-16(12-15)23(21)25(27)22(24)14-6-2-1-3-7-14/h1-9,13,15-16,21,23H,10-12H2/t15-,16+,21+,23-/m0/s1. The van der Waals surface area contributed by atoms with Gasteiger partial charge in [-0.15, -0.1) is 0 Å². The molecule has 1 aromatic heterocycles. The molecule has 0 N–H and O–H groups in total. The fourth-order valence-electron chi connectivity index (χ4n) is 6.10. The second-order valence-electron chi connectivity index (χ2n) is 8.38. The smallest absolute Gasteiger partial charge is 0.336 e. The molecular formula is C25H20O3. The van der Waals surface area contributed by atoms with Crippen molar-refractivity contribution in [2.75, 3.05) is 0 Å². The monoisotopic (exact) mass is 368 g/mol. The minimum Gasteiger partial charge on any atom is -0.423 e. The third-order valence-electron chi connectivity index (χ3n) is 7.07. The maximum atomic E-state index is 13.6. The molecule has 138 valence electrons. The van der Waals surface area contributed by atoms with E-state index in [0.717, 1.165) is 40.5 Å². The molecule has 28 heavy (non-hydrogen) atoms. The van der Waals surface area contributed by atoms with Crippen LogP contribution in [0.4, 0.5) is 0 Å². The van der Waals surface area contributed by atoms with Gasteiger partial charge < -0.3 is 4.42 Å². The van der Waals surface area contributed by atoms with Gasteiger partial charge in [0.15, 0.2) is 5.78 Å². The van der Waals surface area contributed by atoms with Gasteiger partial charge in [0.2, 0.25) is 0 Å². The topological polar surface area (TPSA) is 47.3 Å². The van der Waals surface area contributed by atoms with Gasteiger partial charge in [0, 0.05) is 22.9 Å². The Labute approximate surface area is 162 Å². The van der Waals surface area contributed by atoms with Crippen LogP contribution < -0.4 is 5.63 Å². The predicted molar refractivity (Wildman–Crippen MR) is 109 cm³/mol. The number of carbonyl (C=O) groups excluding carboxylic acids is 1. The van der Waals surface area contributed by atoms with Crippen molar-refractivity contribution in [1.82, 2.24) is 0 Å². The molecule has 2 aromatic carbocycles. The van der Waals surface area contributed by atoms with E-state index in [1.54, 1.807) is 6.07 Å². The summed E-state index contributed by atoms with van der Waals surface area (Å²) in [4.78, 5) is 26.0. The quantitative estimate of drug-likeness (QED) is 0.601. The molecule has 3 aromatic rings. The molecule has 0 unspecified atom stereocenters. The Morgan fingerprint density at radius 2 is 1.54 bits per heavy atom. The largest absolute Gasteiger partial charge is 0.423 e. The number of allylic oxidation sites excluding steroid dienone is 2. The minimum absolute atomic E-state index is 0.0787. The van der Waals surface area contributed by atoms with Gasteiger partial charge in [0.05, 0.1) is 0 Å². The number of ketones is 1. The third-order valence-corrected chi connectivity index (χ3v) is 7.07. The highest BCUT2D eigenvalue weighted by Crippen LogP contribution is 2.63. The zero-order chi connectivity index (χ0) is 18.8. The molecule has 0 saturated heterocycles. The molecule has 4 atom stereocenters. The van der Waals surface area contributed by atoms with Gasteiger partial charge >= 0.3 is 5.63 Å². The fraction of sp³-hybridized carbons (Fsp3) is 0.280. The normalized spacial score (nSPS) is 28.4. The average molecular weight is 368 g/mol. The number of rotatable bonds is 2. The lowest BCUT2D eigenvalue weighted by Crippen LogP contribution is -2.24. The number of fused-ring (bicyclic) bond motifs is 6. The molecule has 6 rings (SSSR count). The Bertz CT molecular complexity index is 1200. The van der Waals surface area contributed by atoms with Crippen molar-refractivity contribution < 1.29 is 9.21 Å². The van der Waals surface area contributed by atoms with E-state index in [0.29, 0.717) is 17.4 Å². The fourth-order valence-corrected chi connectivity index (χ4v) is 6.10. The van der Waals surface area contributed by atoms with Crippen LogP contribution in [0.25, 0.3) is 22.1 Å². The number of para-hydroxylation sites is 1. The maximum Gasteiger partial charge on any atom is 0.336 e. The van der Waals surface area contributed by atoms with E-state index < -0.39 is 0 Å². The number of benzene rings is 2. The lowest BCUT2D eigenvalue weighted by molar-refractivity contribution is -0.118. The van der Waals surface area contributed by atoms with Crippen molar-refractivity contribution in [3.8, 4) is 0 Å². The first-order valence-electron chi connectivity index (χ1n) is 10.1. The molecule has 0 amide bonds. The van der Waals surface area contributed by atoms with Crippen molar-refractivity contribution in [3.63, 3.8) is 0 Å². The summed E-state index contributed by atoms with van der Waals surface area (Å²) in [6, 6.07) is 19.2. The highest BCUT2D eigenvalue weighted by molar-refractivity contribution is 6.33. The van der Waals surface area contributed by atoms with Crippen LogP contribution >= 0.6 is 0 Å². The van der Waals surface area contributed by atoms with Crippen LogP contribution in [0.3, 0.4) is 0 Å². The molecule has 3 heteroatoms. The summed E-state index contributed by atoms with van der Waals surface area (Å²) in [6.07, 6.45) is 3.49. The Morgan fingerprint density at radius 3 is 2.36 bits per heavy atom. The second kappa shape index (κ2) is 5.78. The summed E-state index contributed by atoms with van der Waals surface area (Å²) in [6.45, 7) is 0. The molecule has 1 heterocycles. The predicted octanol–water partition coefficient (Wildman–Crippen LogP) is 4.95. The summed E-state index contributed by atoms with van der Waals surface area (Å²) in [7, 11) is 0. The Balaban J connectivity index is 1.70. The van der Waals surface area contributed by atoms with Crippen LogP contribution in [0.1, 0.15) is 30.4 Å².